The van der Waals surface area contributed by atoms with E-state index in [0.29, 0.717) is 10.1 Å². The first-order valence-corrected chi connectivity index (χ1v) is 6.43. The van der Waals surface area contributed by atoms with Gasteiger partial charge in [0.05, 0.1) is 34.6 Å². The molecule has 0 fully saturated rings. The minimum Gasteiger partial charge on any atom is -0.548 e. The van der Waals surface area contributed by atoms with Gasteiger partial charge in [-0.05, 0) is 0 Å². The van der Waals surface area contributed by atoms with Gasteiger partial charge in [0.15, 0.2) is 5.15 Å². The van der Waals surface area contributed by atoms with E-state index in [1.54, 1.807) is 11.4 Å². The summed E-state index contributed by atoms with van der Waals surface area (Å²) < 4.78 is 0.396. The number of hydrogen-bond acceptors (Lipinski definition) is 5. The highest BCUT2D eigenvalue weighted by molar-refractivity contribution is 7.55. The van der Waals surface area contributed by atoms with Gasteiger partial charge in [-0.25, -0.2) is 9.78 Å². The number of aromatic hydroxyl groups is 1. The zero-order valence-electron chi connectivity index (χ0n) is 8.84. The monoisotopic (exact) mass is 286 g/mol. The van der Waals surface area contributed by atoms with Crippen molar-refractivity contribution in [2.45, 2.75) is 0 Å². The number of rotatable bonds is 3. The molecule has 2 rings (SSSR count). The third-order valence-corrected chi connectivity index (χ3v) is 4.38. The average Bonchev–Trinajstić information content (AvgIpc) is 2.76. The number of carbonyl (C=O) groups excluding carboxylic acids is 2. The molecule has 0 saturated carbocycles. The standard InChI is InChI=1S/C10H7ClN2O4S/c11-9-8-5(6(14)3-12-9)1-2-18(8)10(17)13-4-7(15)16/h1-3H,4H2,(H2-,13,14,15,16,17). The van der Waals surface area contributed by atoms with Gasteiger partial charge in [-0.3, -0.25) is 0 Å². The van der Waals surface area contributed by atoms with E-state index in [1.165, 1.54) is 6.20 Å². The number of fused-ring (bicyclic) bond motifs is 1. The molecule has 0 bridgehead atoms. The van der Waals surface area contributed by atoms with Gasteiger partial charge in [-0.2, -0.15) is 0 Å². The van der Waals surface area contributed by atoms with Crippen LogP contribution in [0.4, 0.5) is 4.79 Å². The number of amides is 1. The fourth-order valence-corrected chi connectivity index (χ4v) is 3.41. The van der Waals surface area contributed by atoms with Crippen molar-refractivity contribution in [3.63, 3.8) is 0 Å². The van der Waals surface area contributed by atoms with Crippen molar-refractivity contribution in [1.29, 1.82) is 0 Å². The van der Waals surface area contributed by atoms with Crippen molar-refractivity contribution < 1.29 is 19.8 Å². The van der Waals surface area contributed by atoms with Gasteiger partial charge >= 0.3 is 5.24 Å². The molecular weight excluding hydrogens is 280 g/mol. The summed E-state index contributed by atoms with van der Waals surface area (Å²) in [5, 5.41) is 23.6. The normalized spacial score (nSPS) is 11.5. The highest BCUT2D eigenvalue weighted by Crippen LogP contribution is 2.39. The lowest BCUT2D eigenvalue weighted by atomic mass is 10.3. The molecule has 0 aliphatic carbocycles. The van der Waals surface area contributed by atoms with Crippen molar-refractivity contribution in [1.82, 2.24) is 10.3 Å². The summed E-state index contributed by atoms with van der Waals surface area (Å²) in [6.45, 7) is -0.574. The van der Waals surface area contributed by atoms with Gasteiger partial charge in [0.25, 0.3) is 0 Å². The van der Waals surface area contributed by atoms with Crippen LogP contribution in [0.3, 0.4) is 0 Å². The third-order valence-electron chi connectivity index (χ3n) is 2.18. The number of carboxylic acids is 1. The van der Waals surface area contributed by atoms with E-state index in [0.717, 1.165) is 0 Å². The van der Waals surface area contributed by atoms with E-state index in [-0.39, 0.29) is 10.9 Å². The van der Waals surface area contributed by atoms with Crippen molar-refractivity contribution in [3.8, 4) is 5.75 Å². The topological polar surface area (TPSA) is 102 Å². The van der Waals surface area contributed by atoms with Crippen LogP contribution in [0.2, 0.25) is 5.15 Å². The number of carbonyl (C=O) groups is 2. The van der Waals surface area contributed by atoms with E-state index in [2.05, 4.69) is 10.3 Å². The molecule has 2 N–H and O–H groups in total. The van der Waals surface area contributed by atoms with Crippen LogP contribution in [0.1, 0.15) is 0 Å². The molecule has 2 aromatic rings. The second kappa shape index (κ2) is 4.79. The summed E-state index contributed by atoms with van der Waals surface area (Å²) in [4.78, 5) is 25.8. The number of nitrogens with zero attached hydrogens (tertiary/aromatic N) is 1. The van der Waals surface area contributed by atoms with Crippen molar-refractivity contribution >= 4 is 43.4 Å². The zero-order chi connectivity index (χ0) is 13.3. The Morgan fingerprint density at radius 2 is 2.28 bits per heavy atom. The molecule has 0 aromatic carbocycles. The smallest absolute Gasteiger partial charge is 0.456 e. The first-order chi connectivity index (χ1) is 8.50. The summed E-state index contributed by atoms with van der Waals surface area (Å²) in [6, 6.07) is 1.56. The summed E-state index contributed by atoms with van der Waals surface area (Å²) >= 11 is 5.88. The Morgan fingerprint density at radius 1 is 1.56 bits per heavy atom. The molecule has 1 amide bonds. The van der Waals surface area contributed by atoms with Crippen LogP contribution < -0.4 is 10.4 Å². The third kappa shape index (κ3) is 2.22. The molecule has 94 valence electrons. The number of halogens is 1. The van der Waals surface area contributed by atoms with E-state index >= 15 is 0 Å². The zero-order valence-corrected chi connectivity index (χ0v) is 10.4. The van der Waals surface area contributed by atoms with Crippen molar-refractivity contribution in [3.05, 3.63) is 22.8 Å². The van der Waals surface area contributed by atoms with Crippen molar-refractivity contribution in [2.24, 2.45) is 0 Å². The Bertz CT molecular complexity index is 640. The number of hydrogen-bond donors (Lipinski definition) is 2. The number of nitrogens with one attached hydrogen (secondary N) is 1. The van der Waals surface area contributed by atoms with Crippen LogP contribution in [-0.4, -0.2) is 27.8 Å². The van der Waals surface area contributed by atoms with Gasteiger partial charge in [-0.1, -0.05) is 11.6 Å². The fraction of sp³-hybridized carbons (Fsp3) is 0.100. The number of pyridine rings is 1. The Balaban J connectivity index is 2.43. The van der Waals surface area contributed by atoms with Crippen LogP contribution in [-0.2, 0) is 4.79 Å². The number of thiophene rings is 1. The molecule has 0 spiro atoms. The number of aliphatic carboxylic acids is 1. The number of aromatic nitrogens is 1. The van der Waals surface area contributed by atoms with Crippen LogP contribution in [0.15, 0.2) is 17.6 Å². The molecule has 0 radical (unpaired) electrons. The van der Waals surface area contributed by atoms with E-state index in [9.17, 15) is 19.8 Å². The molecule has 0 aliphatic rings. The highest BCUT2D eigenvalue weighted by atomic mass is 35.5. The first-order valence-electron chi connectivity index (χ1n) is 4.77. The molecule has 8 heteroatoms. The summed E-state index contributed by atoms with van der Waals surface area (Å²) in [7, 11) is -1.06. The number of carboxylic acid groups (broad SMARTS) is 1. The van der Waals surface area contributed by atoms with E-state index in [4.69, 9.17) is 11.6 Å². The van der Waals surface area contributed by atoms with Crippen LogP contribution >= 0.6 is 22.1 Å². The Kier molecular flexibility index (Phi) is 3.35. The van der Waals surface area contributed by atoms with Gasteiger partial charge in [-0.15, -0.1) is 0 Å². The second-order valence-corrected chi connectivity index (χ2v) is 5.42. The van der Waals surface area contributed by atoms with E-state index in [1.807, 2.05) is 0 Å². The quantitative estimate of drug-likeness (QED) is 0.637. The molecular formula is C10H7ClN2O4S. The van der Waals surface area contributed by atoms with Gasteiger partial charge in [0, 0.05) is 6.07 Å². The lowest BCUT2D eigenvalue weighted by Crippen LogP contribution is -2.36. The Hall–Kier alpha value is -1.86. The second-order valence-electron chi connectivity index (χ2n) is 3.33. The molecule has 18 heavy (non-hydrogen) atoms. The van der Waals surface area contributed by atoms with Crippen molar-refractivity contribution in [2.75, 3.05) is 6.54 Å². The fourth-order valence-electron chi connectivity index (χ4n) is 1.42. The predicted octanol–water partition coefficient (Wildman–Crippen LogP) is 0.650. The van der Waals surface area contributed by atoms with Gasteiger partial charge in [0.2, 0.25) is 4.70 Å². The minimum absolute atomic E-state index is 0.0756. The van der Waals surface area contributed by atoms with Crippen LogP contribution in [0.5, 0.6) is 5.75 Å². The highest BCUT2D eigenvalue weighted by Gasteiger charge is 2.26. The SMILES string of the molecule is O=C([O-])CNC(=O)[s+]1ccc2c(O)cnc(Cl)c21. The summed E-state index contributed by atoms with van der Waals surface area (Å²) in [5.41, 5.74) is 0. The minimum atomic E-state index is -1.38. The average molecular weight is 287 g/mol. The van der Waals surface area contributed by atoms with Gasteiger partial charge in [0.1, 0.15) is 11.1 Å². The lowest BCUT2D eigenvalue weighted by molar-refractivity contribution is -0.303. The molecule has 1 unspecified atom stereocenters. The first kappa shape index (κ1) is 12.6. The molecule has 1 atom stereocenters. The molecule has 0 aliphatic heterocycles. The van der Waals surface area contributed by atoms with Crippen LogP contribution in [0, 0.1) is 0 Å². The maximum absolute atomic E-state index is 11.8. The summed E-state index contributed by atoms with van der Waals surface area (Å²) in [6.07, 6.45) is 1.19. The maximum Gasteiger partial charge on any atom is 0.456 e. The summed E-state index contributed by atoms with van der Waals surface area (Å²) in [5.74, 6) is -1.45. The molecule has 2 aromatic heterocycles. The van der Waals surface area contributed by atoms with Crippen LogP contribution in [0.25, 0.3) is 10.1 Å². The van der Waals surface area contributed by atoms with Gasteiger partial charge < -0.3 is 20.3 Å². The molecule has 0 saturated heterocycles. The maximum atomic E-state index is 11.8. The Labute approximate surface area is 109 Å². The molecule has 6 nitrogen and oxygen atoms in total. The Morgan fingerprint density at radius 3 is 2.94 bits per heavy atom. The van der Waals surface area contributed by atoms with E-state index < -0.39 is 28.2 Å². The lowest BCUT2D eigenvalue weighted by Gasteiger charge is -1.99. The largest absolute Gasteiger partial charge is 0.548 e. The molecule has 2 heterocycles. The predicted molar refractivity (Wildman–Crippen MR) is 64.7 cm³/mol.